The van der Waals surface area contributed by atoms with Gasteiger partial charge in [-0.25, -0.2) is 0 Å². The summed E-state index contributed by atoms with van der Waals surface area (Å²) in [4.78, 5) is 7.49. The zero-order chi connectivity index (χ0) is 12.3. The lowest BCUT2D eigenvalue weighted by molar-refractivity contribution is 1.39. The number of pyridine rings is 1. The Balaban J connectivity index is 0.000000239. The number of aromatic amines is 1. The molecule has 0 unspecified atom stereocenters. The molecule has 0 aliphatic heterocycles. The van der Waals surface area contributed by atoms with Crippen molar-refractivity contribution in [3.63, 3.8) is 0 Å². The normalized spacial score (nSPS) is 9.88. The molecule has 3 aromatic rings. The van der Waals surface area contributed by atoms with Crippen LogP contribution in [0.1, 0.15) is 0 Å². The molecule has 86 valence electrons. The lowest BCUT2D eigenvalue weighted by Crippen LogP contribution is -2.20. The Bertz CT molecular complexity index is 652. The number of nitrogens with one attached hydrogen (secondary N) is 2. The Morgan fingerprint density at radius 2 is 1.94 bits per heavy atom. The van der Waals surface area contributed by atoms with Crippen LogP contribution in [0.25, 0.3) is 21.8 Å². The van der Waals surface area contributed by atoms with E-state index in [9.17, 15) is 0 Å². The van der Waals surface area contributed by atoms with Gasteiger partial charge in [0.1, 0.15) is 0 Å². The molecule has 0 fully saturated rings. The summed E-state index contributed by atoms with van der Waals surface area (Å²) in [5.74, 6) is -0.333. The first-order valence-corrected chi connectivity index (χ1v) is 5.09. The first-order chi connectivity index (χ1) is 8.18. The number of benzene rings is 1. The minimum Gasteiger partial charge on any atom is -0.370 e. The van der Waals surface area contributed by atoms with Gasteiger partial charge in [-0.1, -0.05) is 12.1 Å². The molecule has 5 heteroatoms. The number of H-pyrrole nitrogens is 1. The third-order valence-corrected chi connectivity index (χ3v) is 2.31. The predicted octanol–water partition coefficient (Wildman–Crippen LogP) is 1.55. The second kappa shape index (κ2) is 4.52. The van der Waals surface area contributed by atoms with E-state index >= 15 is 0 Å². The van der Waals surface area contributed by atoms with Crippen molar-refractivity contribution in [3.8, 4) is 0 Å². The summed E-state index contributed by atoms with van der Waals surface area (Å²) in [6, 6.07) is 10.3. The summed E-state index contributed by atoms with van der Waals surface area (Å²) in [5, 5.41) is 8.47. The largest absolute Gasteiger partial charge is 0.370 e. The summed E-state index contributed by atoms with van der Waals surface area (Å²) in [5.41, 5.74) is 11.2. The fourth-order valence-corrected chi connectivity index (χ4v) is 1.68. The Morgan fingerprint density at radius 1 is 1.18 bits per heavy atom. The van der Waals surface area contributed by atoms with Crippen LogP contribution in [0.3, 0.4) is 0 Å². The van der Waals surface area contributed by atoms with E-state index in [0.717, 1.165) is 11.0 Å². The molecule has 3 rings (SSSR count). The standard InChI is InChI=1S/C11H8N2.CH5N3/c1-2-8-3-4-10-9(5-7-12-10)11(8)13-6-1;2-1(3)4/h1-7,13H;(H5,2,3,4). The van der Waals surface area contributed by atoms with Crippen molar-refractivity contribution in [1.29, 1.82) is 5.41 Å². The number of aromatic nitrogens is 2. The number of rotatable bonds is 0. The summed E-state index contributed by atoms with van der Waals surface area (Å²) < 4.78 is 0. The molecule has 2 aromatic heterocycles. The van der Waals surface area contributed by atoms with Crippen LogP contribution >= 0.6 is 0 Å². The van der Waals surface area contributed by atoms with Crippen LogP contribution in [0.2, 0.25) is 0 Å². The second-order valence-corrected chi connectivity index (χ2v) is 3.53. The van der Waals surface area contributed by atoms with E-state index < -0.39 is 0 Å². The SMILES string of the molecule is N=C(N)N.c1c[nH]c2c(c1)ccc1nccc12. The first kappa shape index (κ1) is 10.9. The van der Waals surface area contributed by atoms with Gasteiger partial charge in [-0.05, 0) is 23.6 Å². The minimum atomic E-state index is -0.333. The van der Waals surface area contributed by atoms with E-state index in [4.69, 9.17) is 5.41 Å². The van der Waals surface area contributed by atoms with Gasteiger partial charge in [0.05, 0.1) is 11.0 Å². The molecule has 0 saturated heterocycles. The van der Waals surface area contributed by atoms with Crippen molar-refractivity contribution in [2.75, 3.05) is 0 Å². The van der Waals surface area contributed by atoms with Crippen molar-refractivity contribution in [1.82, 2.24) is 9.97 Å². The zero-order valence-electron chi connectivity index (χ0n) is 9.14. The molecule has 0 atom stereocenters. The topological polar surface area (TPSA) is 105 Å². The van der Waals surface area contributed by atoms with E-state index in [2.05, 4.69) is 33.6 Å². The molecule has 2 heterocycles. The van der Waals surface area contributed by atoms with Crippen LogP contribution in [-0.2, 0) is 0 Å². The highest BCUT2D eigenvalue weighted by molar-refractivity contribution is 6.03. The minimum absolute atomic E-state index is 0.333. The molecule has 0 radical (unpaired) electrons. The van der Waals surface area contributed by atoms with Crippen LogP contribution in [0.5, 0.6) is 0 Å². The highest BCUT2D eigenvalue weighted by Crippen LogP contribution is 2.21. The summed E-state index contributed by atoms with van der Waals surface area (Å²) in [7, 11) is 0. The number of fused-ring (bicyclic) bond motifs is 3. The molecule has 5 nitrogen and oxygen atoms in total. The van der Waals surface area contributed by atoms with Crippen LogP contribution in [0, 0.1) is 5.41 Å². The van der Waals surface area contributed by atoms with Crippen molar-refractivity contribution < 1.29 is 0 Å². The second-order valence-electron chi connectivity index (χ2n) is 3.53. The predicted molar refractivity (Wildman–Crippen MR) is 69.7 cm³/mol. The van der Waals surface area contributed by atoms with Gasteiger partial charge < -0.3 is 16.5 Å². The number of hydrogen-bond donors (Lipinski definition) is 4. The van der Waals surface area contributed by atoms with Crippen LogP contribution in [0.15, 0.2) is 42.7 Å². The Kier molecular flexibility index (Phi) is 2.91. The monoisotopic (exact) mass is 227 g/mol. The maximum atomic E-state index is 6.06. The average Bonchev–Trinajstić information content (AvgIpc) is 2.76. The van der Waals surface area contributed by atoms with Crippen molar-refractivity contribution >= 4 is 27.8 Å². The number of hydrogen-bond acceptors (Lipinski definition) is 2. The molecule has 0 aliphatic rings. The highest BCUT2D eigenvalue weighted by Gasteiger charge is 1.99. The van der Waals surface area contributed by atoms with Crippen molar-refractivity contribution in [2.45, 2.75) is 0 Å². The maximum Gasteiger partial charge on any atom is 0.183 e. The van der Waals surface area contributed by atoms with Gasteiger partial charge in [-0.15, -0.1) is 0 Å². The lowest BCUT2D eigenvalue weighted by atomic mass is 10.1. The van der Waals surface area contributed by atoms with Crippen LogP contribution < -0.4 is 11.5 Å². The highest BCUT2D eigenvalue weighted by atomic mass is 14.9. The molecule has 6 N–H and O–H groups in total. The third-order valence-electron chi connectivity index (χ3n) is 2.31. The molecule has 0 saturated carbocycles. The molecule has 0 aliphatic carbocycles. The van der Waals surface area contributed by atoms with Gasteiger partial charge in [0.2, 0.25) is 0 Å². The molecule has 17 heavy (non-hydrogen) atoms. The number of nitrogens with zero attached hydrogens (tertiary/aromatic N) is 1. The first-order valence-electron chi connectivity index (χ1n) is 5.09. The van der Waals surface area contributed by atoms with Gasteiger partial charge in [0.25, 0.3) is 0 Å². The molecule has 0 amide bonds. The quantitative estimate of drug-likeness (QED) is 0.346. The molecular formula is C12H13N5. The summed E-state index contributed by atoms with van der Waals surface area (Å²) in [6.07, 6.45) is 3.78. The van der Waals surface area contributed by atoms with Crippen molar-refractivity contribution in [2.24, 2.45) is 11.5 Å². The van der Waals surface area contributed by atoms with Gasteiger partial charge in [0, 0.05) is 17.8 Å². The summed E-state index contributed by atoms with van der Waals surface area (Å²) in [6.45, 7) is 0. The van der Waals surface area contributed by atoms with Crippen molar-refractivity contribution in [3.05, 3.63) is 42.7 Å². The molecule has 0 bridgehead atoms. The Labute approximate surface area is 98.0 Å². The van der Waals surface area contributed by atoms with Gasteiger partial charge in [-0.3, -0.25) is 10.4 Å². The fraction of sp³-hybridized carbons (Fsp3) is 0. The Hall–Kier alpha value is -2.56. The van der Waals surface area contributed by atoms with E-state index in [0.29, 0.717) is 0 Å². The third kappa shape index (κ3) is 2.34. The van der Waals surface area contributed by atoms with Crippen LogP contribution in [0.4, 0.5) is 0 Å². The lowest BCUT2D eigenvalue weighted by Gasteiger charge is -1.97. The van der Waals surface area contributed by atoms with Gasteiger partial charge in [-0.2, -0.15) is 0 Å². The van der Waals surface area contributed by atoms with Gasteiger partial charge >= 0.3 is 0 Å². The number of guanidine groups is 1. The maximum absolute atomic E-state index is 6.06. The van der Waals surface area contributed by atoms with E-state index in [1.807, 2.05) is 30.6 Å². The van der Waals surface area contributed by atoms with E-state index in [-0.39, 0.29) is 5.96 Å². The number of nitrogens with two attached hydrogens (primary N) is 2. The summed E-state index contributed by atoms with van der Waals surface area (Å²) >= 11 is 0. The van der Waals surface area contributed by atoms with E-state index in [1.165, 1.54) is 10.8 Å². The molecule has 0 spiro atoms. The van der Waals surface area contributed by atoms with Crippen LogP contribution in [-0.4, -0.2) is 15.9 Å². The molecule has 1 aromatic carbocycles. The molecular weight excluding hydrogens is 214 g/mol. The van der Waals surface area contributed by atoms with E-state index in [1.54, 1.807) is 0 Å². The zero-order valence-corrected chi connectivity index (χ0v) is 9.14. The average molecular weight is 227 g/mol. The van der Waals surface area contributed by atoms with Gasteiger partial charge in [0.15, 0.2) is 5.96 Å². The fourth-order valence-electron chi connectivity index (χ4n) is 1.68. The Morgan fingerprint density at radius 3 is 2.71 bits per heavy atom. The smallest absolute Gasteiger partial charge is 0.183 e.